The van der Waals surface area contributed by atoms with E-state index < -0.39 is 12.0 Å². The van der Waals surface area contributed by atoms with E-state index in [9.17, 15) is 15.0 Å². The van der Waals surface area contributed by atoms with Crippen LogP contribution in [0.4, 0.5) is 0 Å². The first-order chi connectivity index (χ1) is 9.61. The molecule has 1 aromatic carbocycles. The monoisotopic (exact) mass is 279 g/mol. The minimum atomic E-state index is -0.912. The molecule has 5 heteroatoms. The predicted molar refractivity (Wildman–Crippen MR) is 75.0 cm³/mol. The van der Waals surface area contributed by atoms with Gasteiger partial charge in [-0.25, -0.2) is 0 Å². The first kappa shape index (κ1) is 14.7. The summed E-state index contributed by atoms with van der Waals surface area (Å²) in [5.41, 5.74) is 0.602. The molecular formula is C15H21NO4. The molecule has 1 atom stereocenters. The number of hydrogen-bond donors (Lipinski definition) is 3. The third-order valence-corrected chi connectivity index (χ3v) is 3.62. The minimum absolute atomic E-state index is 0.0283. The molecule has 0 spiro atoms. The average molecular weight is 279 g/mol. The van der Waals surface area contributed by atoms with Crippen LogP contribution in [0.2, 0.25) is 0 Å². The van der Waals surface area contributed by atoms with Crippen LogP contribution < -0.4 is 10.1 Å². The molecule has 0 aromatic heterocycles. The van der Waals surface area contributed by atoms with E-state index in [1.807, 2.05) is 6.92 Å². The van der Waals surface area contributed by atoms with Crippen LogP contribution >= 0.6 is 0 Å². The molecule has 2 rings (SSSR count). The Morgan fingerprint density at radius 2 is 2.15 bits per heavy atom. The van der Waals surface area contributed by atoms with Crippen molar-refractivity contribution >= 4 is 5.97 Å². The zero-order chi connectivity index (χ0) is 14.5. The maximum absolute atomic E-state index is 11.5. The fourth-order valence-corrected chi connectivity index (χ4v) is 2.62. The molecule has 0 heterocycles. The van der Waals surface area contributed by atoms with E-state index in [-0.39, 0.29) is 11.8 Å². The second-order valence-corrected chi connectivity index (χ2v) is 5.08. The second-order valence-electron chi connectivity index (χ2n) is 5.08. The van der Waals surface area contributed by atoms with Crippen LogP contribution in [0.15, 0.2) is 18.2 Å². The molecule has 1 fully saturated rings. The highest BCUT2D eigenvalue weighted by Gasteiger charge is 2.26. The van der Waals surface area contributed by atoms with Gasteiger partial charge in [-0.2, -0.15) is 0 Å². The molecule has 0 bridgehead atoms. The Balaban J connectivity index is 2.19. The molecule has 1 saturated carbocycles. The molecule has 0 aliphatic heterocycles. The number of carboxylic acid groups (broad SMARTS) is 1. The van der Waals surface area contributed by atoms with Crippen LogP contribution in [0.25, 0.3) is 0 Å². The molecule has 0 radical (unpaired) electrons. The number of aliphatic carboxylic acids is 1. The summed E-state index contributed by atoms with van der Waals surface area (Å²) in [5.74, 6) is -0.560. The third-order valence-electron chi connectivity index (χ3n) is 3.62. The number of rotatable bonds is 6. The van der Waals surface area contributed by atoms with Crippen LogP contribution in [0.1, 0.15) is 44.2 Å². The van der Waals surface area contributed by atoms with E-state index >= 15 is 0 Å². The Kier molecular flexibility index (Phi) is 4.84. The van der Waals surface area contributed by atoms with Gasteiger partial charge in [0.1, 0.15) is 6.04 Å². The highest BCUT2D eigenvalue weighted by molar-refractivity contribution is 5.76. The van der Waals surface area contributed by atoms with Crippen LogP contribution in [0, 0.1) is 0 Å². The van der Waals surface area contributed by atoms with Crippen LogP contribution in [0.3, 0.4) is 0 Å². The van der Waals surface area contributed by atoms with Gasteiger partial charge in [-0.15, -0.1) is 0 Å². The topological polar surface area (TPSA) is 78.8 Å². The van der Waals surface area contributed by atoms with Crippen molar-refractivity contribution in [2.75, 3.05) is 6.61 Å². The molecule has 1 unspecified atom stereocenters. The second kappa shape index (κ2) is 6.61. The quantitative estimate of drug-likeness (QED) is 0.745. The maximum Gasteiger partial charge on any atom is 0.325 e. The number of carboxylic acids is 1. The zero-order valence-electron chi connectivity index (χ0n) is 11.6. The number of ether oxygens (including phenoxy) is 1. The van der Waals surface area contributed by atoms with Crippen molar-refractivity contribution in [1.82, 2.24) is 5.32 Å². The van der Waals surface area contributed by atoms with Crippen molar-refractivity contribution in [1.29, 1.82) is 0 Å². The summed E-state index contributed by atoms with van der Waals surface area (Å²) in [5, 5.41) is 22.3. The standard InChI is InChI=1S/C15H21NO4/c1-2-20-13-9-10(7-8-12(13)17)14(15(18)19)16-11-5-3-4-6-11/h7-9,11,14,16-17H,2-6H2,1H3,(H,18,19). The summed E-state index contributed by atoms with van der Waals surface area (Å²) in [6, 6.07) is 4.18. The first-order valence-electron chi connectivity index (χ1n) is 7.06. The van der Waals surface area contributed by atoms with E-state index in [2.05, 4.69) is 5.32 Å². The summed E-state index contributed by atoms with van der Waals surface area (Å²) in [6.45, 7) is 2.24. The van der Waals surface area contributed by atoms with E-state index in [0.29, 0.717) is 17.9 Å². The Hall–Kier alpha value is -1.75. The Morgan fingerprint density at radius 3 is 2.75 bits per heavy atom. The summed E-state index contributed by atoms with van der Waals surface area (Å²) in [4.78, 5) is 11.5. The molecule has 110 valence electrons. The van der Waals surface area contributed by atoms with Crippen LogP contribution in [-0.2, 0) is 4.79 Å². The lowest BCUT2D eigenvalue weighted by atomic mass is 10.0. The van der Waals surface area contributed by atoms with Gasteiger partial charge in [0.15, 0.2) is 11.5 Å². The van der Waals surface area contributed by atoms with Gasteiger partial charge >= 0.3 is 5.97 Å². The van der Waals surface area contributed by atoms with Crippen molar-refractivity contribution in [3.8, 4) is 11.5 Å². The lowest BCUT2D eigenvalue weighted by Gasteiger charge is -2.20. The van der Waals surface area contributed by atoms with Gasteiger partial charge < -0.3 is 14.9 Å². The molecule has 3 N–H and O–H groups in total. The van der Waals surface area contributed by atoms with Gasteiger partial charge in [0.05, 0.1) is 6.61 Å². The van der Waals surface area contributed by atoms with E-state index in [1.165, 1.54) is 6.07 Å². The Morgan fingerprint density at radius 1 is 1.45 bits per heavy atom. The van der Waals surface area contributed by atoms with E-state index in [1.54, 1.807) is 12.1 Å². The molecule has 1 aliphatic carbocycles. The molecule has 0 saturated heterocycles. The molecule has 0 amide bonds. The Labute approximate surface area is 118 Å². The predicted octanol–water partition coefficient (Wildman–Crippen LogP) is 2.45. The third kappa shape index (κ3) is 3.42. The molecule has 1 aromatic rings. The molecule has 5 nitrogen and oxygen atoms in total. The summed E-state index contributed by atoms with van der Waals surface area (Å²) in [6.07, 6.45) is 4.31. The number of benzene rings is 1. The normalized spacial score (nSPS) is 17.1. The van der Waals surface area contributed by atoms with Gasteiger partial charge in [-0.3, -0.25) is 10.1 Å². The van der Waals surface area contributed by atoms with Crippen LogP contribution in [-0.4, -0.2) is 28.8 Å². The lowest BCUT2D eigenvalue weighted by molar-refractivity contribution is -0.139. The van der Waals surface area contributed by atoms with Crippen molar-refractivity contribution in [3.63, 3.8) is 0 Å². The van der Waals surface area contributed by atoms with Gasteiger partial charge in [0, 0.05) is 6.04 Å². The number of phenolic OH excluding ortho intramolecular Hbond substituents is 1. The fourth-order valence-electron chi connectivity index (χ4n) is 2.62. The number of carbonyl (C=O) groups is 1. The highest BCUT2D eigenvalue weighted by Crippen LogP contribution is 2.30. The minimum Gasteiger partial charge on any atom is -0.504 e. The molecular weight excluding hydrogens is 258 g/mol. The number of nitrogens with one attached hydrogen (secondary N) is 1. The Bertz CT molecular complexity index is 469. The summed E-state index contributed by atoms with van der Waals surface area (Å²) < 4.78 is 5.31. The van der Waals surface area contributed by atoms with Gasteiger partial charge in [0.25, 0.3) is 0 Å². The first-order valence-corrected chi connectivity index (χ1v) is 7.06. The SMILES string of the molecule is CCOc1cc(C(NC2CCCC2)C(=O)O)ccc1O. The number of phenols is 1. The van der Waals surface area contributed by atoms with Gasteiger partial charge in [-0.1, -0.05) is 18.9 Å². The lowest BCUT2D eigenvalue weighted by Crippen LogP contribution is -2.35. The summed E-state index contributed by atoms with van der Waals surface area (Å²) >= 11 is 0. The van der Waals surface area contributed by atoms with E-state index in [0.717, 1.165) is 25.7 Å². The summed E-state index contributed by atoms with van der Waals surface area (Å²) in [7, 11) is 0. The number of hydrogen-bond acceptors (Lipinski definition) is 4. The zero-order valence-corrected chi connectivity index (χ0v) is 11.6. The number of aromatic hydroxyl groups is 1. The fraction of sp³-hybridized carbons (Fsp3) is 0.533. The smallest absolute Gasteiger partial charge is 0.325 e. The molecule has 20 heavy (non-hydrogen) atoms. The van der Waals surface area contributed by atoms with Crippen molar-refractivity contribution < 1.29 is 19.7 Å². The molecule has 1 aliphatic rings. The largest absolute Gasteiger partial charge is 0.504 e. The van der Waals surface area contributed by atoms with Gasteiger partial charge in [-0.05, 0) is 37.5 Å². The van der Waals surface area contributed by atoms with Crippen LogP contribution in [0.5, 0.6) is 11.5 Å². The van der Waals surface area contributed by atoms with Crippen molar-refractivity contribution in [2.24, 2.45) is 0 Å². The van der Waals surface area contributed by atoms with Crippen molar-refractivity contribution in [2.45, 2.75) is 44.7 Å². The van der Waals surface area contributed by atoms with E-state index in [4.69, 9.17) is 4.74 Å². The van der Waals surface area contributed by atoms with Crippen molar-refractivity contribution in [3.05, 3.63) is 23.8 Å². The van der Waals surface area contributed by atoms with Gasteiger partial charge in [0.2, 0.25) is 0 Å². The highest BCUT2D eigenvalue weighted by atomic mass is 16.5. The maximum atomic E-state index is 11.5. The average Bonchev–Trinajstić information content (AvgIpc) is 2.92.